The fourth-order valence-electron chi connectivity index (χ4n) is 1.66. The molecular weight excluding hydrogens is 218 g/mol. The molecule has 1 N–H and O–H groups in total. The maximum Gasteiger partial charge on any atom is 0.169 e. The van der Waals surface area contributed by atoms with Crippen molar-refractivity contribution in [3.05, 3.63) is 36.7 Å². The van der Waals surface area contributed by atoms with Crippen LogP contribution in [0.3, 0.4) is 0 Å². The molecule has 0 aromatic carbocycles. The number of furan rings is 1. The van der Waals surface area contributed by atoms with Gasteiger partial charge in [-0.2, -0.15) is 5.10 Å². The van der Waals surface area contributed by atoms with Gasteiger partial charge in [0.25, 0.3) is 0 Å². The van der Waals surface area contributed by atoms with Gasteiger partial charge in [-0.15, -0.1) is 0 Å². The second-order valence-corrected chi connectivity index (χ2v) is 3.68. The number of hydrogen-bond acceptors (Lipinski definition) is 5. The van der Waals surface area contributed by atoms with Crippen molar-refractivity contribution in [3.63, 3.8) is 0 Å². The zero-order valence-corrected chi connectivity index (χ0v) is 9.29. The number of anilines is 1. The third-order valence-electron chi connectivity index (χ3n) is 2.44. The first-order valence-electron chi connectivity index (χ1n) is 5.23. The van der Waals surface area contributed by atoms with E-state index in [4.69, 9.17) is 4.42 Å². The van der Waals surface area contributed by atoms with Gasteiger partial charge in [0, 0.05) is 13.2 Å². The van der Waals surface area contributed by atoms with E-state index in [1.165, 1.54) is 0 Å². The summed E-state index contributed by atoms with van der Waals surface area (Å²) in [4.78, 5) is 8.40. The average Bonchev–Trinajstić information content (AvgIpc) is 2.94. The molecule has 3 aromatic heterocycles. The van der Waals surface area contributed by atoms with Crippen LogP contribution in [0, 0.1) is 0 Å². The lowest BCUT2D eigenvalue weighted by Crippen LogP contribution is -2.03. The summed E-state index contributed by atoms with van der Waals surface area (Å²) in [6, 6.07) is 3.72. The highest BCUT2D eigenvalue weighted by atomic mass is 16.3. The molecule has 3 heterocycles. The molecule has 3 aromatic rings. The minimum Gasteiger partial charge on any atom is -0.464 e. The lowest BCUT2D eigenvalue weighted by molar-refractivity contribution is 0.615. The molecule has 0 aliphatic rings. The Morgan fingerprint density at radius 1 is 1.35 bits per heavy atom. The van der Waals surface area contributed by atoms with Crippen molar-refractivity contribution >= 4 is 16.8 Å². The van der Waals surface area contributed by atoms with Crippen LogP contribution in [0.1, 0.15) is 5.82 Å². The van der Waals surface area contributed by atoms with E-state index < -0.39 is 0 Å². The van der Waals surface area contributed by atoms with Crippen LogP contribution in [0.15, 0.2) is 35.3 Å². The van der Waals surface area contributed by atoms with Gasteiger partial charge < -0.3 is 9.73 Å². The van der Waals surface area contributed by atoms with Gasteiger partial charge in [0.05, 0.1) is 18.2 Å². The second kappa shape index (κ2) is 3.89. The van der Waals surface area contributed by atoms with Gasteiger partial charge in [-0.3, -0.25) is 4.68 Å². The van der Waals surface area contributed by atoms with Gasteiger partial charge in [0.15, 0.2) is 5.82 Å². The lowest BCUT2D eigenvalue weighted by Gasteiger charge is -2.03. The monoisotopic (exact) mass is 229 g/mol. The number of pyridine rings is 1. The molecule has 86 valence electrons. The smallest absolute Gasteiger partial charge is 0.169 e. The van der Waals surface area contributed by atoms with Crippen molar-refractivity contribution in [3.8, 4) is 0 Å². The minimum absolute atomic E-state index is 0.540. The molecule has 0 amide bonds. The second-order valence-electron chi connectivity index (χ2n) is 3.68. The molecule has 6 nitrogen and oxygen atoms in total. The summed E-state index contributed by atoms with van der Waals surface area (Å²) in [6.45, 7) is 0.540. The number of aryl methyl sites for hydroxylation is 1. The van der Waals surface area contributed by atoms with Gasteiger partial charge >= 0.3 is 0 Å². The summed E-state index contributed by atoms with van der Waals surface area (Å²) in [5, 5.41) is 8.34. The largest absolute Gasteiger partial charge is 0.464 e. The van der Waals surface area contributed by atoms with Gasteiger partial charge in [0.1, 0.15) is 17.7 Å². The van der Waals surface area contributed by atoms with E-state index in [0.29, 0.717) is 6.54 Å². The number of rotatable bonds is 3. The first-order chi connectivity index (χ1) is 8.33. The van der Waals surface area contributed by atoms with Crippen LogP contribution in [-0.2, 0) is 13.6 Å². The number of aromatic nitrogens is 4. The Hall–Kier alpha value is -2.37. The van der Waals surface area contributed by atoms with Crippen molar-refractivity contribution < 1.29 is 4.42 Å². The zero-order chi connectivity index (χ0) is 11.7. The summed E-state index contributed by atoms with van der Waals surface area (Å²) in [5.74, 6) is 1.51. The number of nitrogens with zero attached hydrogens (tertiary/aromatic N) is 4. The van der Waals surface area contributed by atoms with E-state index in [-0.39, 0.29) is 0 Å². The number of hydrogen-bond donors (Lipinski definition) is 1. The molecule has 0 atom stereocenters. The molecule has 0 radical (unpaired) electrons. The molecule has 0 saturated heterocycles. The molecule has 17 heavy (non-hydrogen) atoms. The van der Waals surface area contributed by atoms with Crippen LogP contribution >= 0.6 is 0 Å². The fourth-order valence-corrected chi connectivity index (χ4v) is 1.66. The molecular formula is C11H11N5O. The van der Waals surface area contributed by atoms with Gasteiger partial charge in [-0.25, -0.2) is 9.97 Å². The Morgan fingerprint density at radius 2 is 2.29 bits per heavy atom. The number of fused-ring (bicyclic) bond motifs is 1. The highest BCUT2D eigenvalue weighted by molar-refractivity contribution is 5.87. The zero-order valence-electron chi connectivity index (χ0n) is 9.29. The van der Waals surface area contributed by atoms with E-state index >= 15 is 0 Å². The maximum atomic E-state index is 5.30. The maximum absolute atomic E-state index is 5.30. The molecule has 0 aliphatic carbocycles. The summed E-state index contributed by atoms with van der Waals surface area (Å²) in [5.41, 5.74) is 0.816. The predicted molar refractivity (Wildman–Crippen MR) is 62.3 cm³/mol. The average molecular weight is 229 g/mol. The molecule has 0 bridgehead atoms. The van der Waals surface area contributed by atoms with E-state index in [1.807, 2.05) is 19.2 Å². The van der Waals surface area contributed by atoms with E-state index in [9.17, 15) is 0 Å². The van der Waals surface area contributed by atoms with Crippen LogP contribution in [-0.4, -0.2) is 19.7 Å². The predicted octanol–water partition coefficient (Wildman–Crippen LogP) is 1.57. The SMILES string of the molecule is Cn1cnc(CNc2nccc3occc23)n1. The van der Waals surface area contributed by atoms with Crippen LogP contribution in [0.25, 0.3) is 11.0 Å². The Balaban J connectivity index is 1.83. The molecule has 0 spiro atoms. The van der Waals surface area contributed by atoms with E-state index in [2.05, 4.69) is 20.4 Å². The summed E-state index contributed by atoms with van der Waals surface area (Å²) < 4.78 is 6.97. The first kappa shape index (κ1) is 9.83. The summed E-state index contributed by atoms with van der Waals surface area (Å²) >= 11 is 0. The quantitative estimate of drug-likeness (QED) is 0.738. The Morgan fingerprint density at radius 3 is 3.12 bits per heavy atom. The van der Waals surface area contributed by atoms with Crippen molar-refractivity contribution in [1.82, 2.24) is 19.7 Å². The van der Waals surface area contributed by atoms with Crippen molar-refractivity contribution in [2.24, 2.45) is 7.05 Å². The fraction of sp³-hybridized carbons (Fsp3) is 0.182. The number of nitrogens with one attached hydrogen (secondary N) is 1. The molecule has 3 rings (SSSR count). The van der Waals surface area contributed by atoms with Gasteiger partial charge in [-0.05, 0) is 12.1 Å². The van der Waals surface area contributed by atoms with Crippen LogP contribution in [0.2, 0.25) is 0 Å². The van der Waals surface area contributed by atoms with Gasteiger partial charge in [-0.1, -0.05) is 0 Å². The minimum atomic E-state index is 0.540. The molecule has 0 aliphatic heterocycles. The standard InChI is InChI=1S/C11H11N5O/c1-16-7-14-10(15-16)6-13-11-8-3-5-17-9(8)2-4-12-11/h2-5,7H,6H2,1H3,(H,12,13). The topological polar surface area (TPSA) is 68.8 Å². The Kier molecular flexibility index (Phi) is 2.25. The van der Waals surface area contributed by atoms with Crippen molar-refractivity contribution in [2.75, 3.05) is 5.32 Å². The van der Waals surface area contributed by atoms with Gasteiger partial charge in [0.2, 0.25) is 0 Å². The summed E-state index contributed by atoms with van der Waals surface area (Å²) in [7, 11) is 1.84. The van der Waals surface area contributed by atoms with Crippen LogP contribution in [0.4, 0.5) is 5.82 Å². The molecule has 0 saturated carbocycles. The van der Waals surface area contributed by atoms with Crippen LogP contribution < -0.4 is 5.32 Å². The Bertz CT molecular complexity index is 642. The van der Waals surface area contributed by atoms with E-state index in [1.54, 1.807) is 23.5 Å². The summed E-state index contributed by atoms with van der Waals surface area (Å²) in [6.07, 6.45) is 5.03. The molecule has 0 unspecified atom stereocenters. The van der Waals surface area contributed by atoms with E-state index in [0.717, 1.165) is 22.6 Å². The third-order valence-corrected chi connectivity index (χ3v) is 2.44. The first-order valence-corrected chi connectivity index (χ1v) is 5.23. The van der Waals surface area contributed by atoms with Crippen molar-refractivity contribution in [2.45, 2.75) is 6.54 Å². The molecule has 6 heteroatoms. The van der Waals surface area contributed by atoms with Crippen molar-refractivity contribution in [1.29, 1.82) is 0 Å². The highest BCUT2D eigenvalue weighted by Crippen LogP contribution is 2.21. The highest BCUT2D eigenvalue weighted by Gasteiger charge is 2.05. The van der Waals surface area contributed by atoms with Crippen LogP contribution in [0.5, 0.6) is 0 Å². The lowest BCUT2D eigenvalue weighted by atomic mass is 10.3. The normalized spacial score (nSPS) is 10.9. The third kappa shape index (κ3) is 1.84. The molecule has 0 fully saturated rings. The Labute approximate surface area is 97.3 Å².